The van der Waals surface area contributed by atoms with Gasteiger partial charge in [-0.15, -0.1) is 0 Å². The average molecular weight is 365 g/mol. The molecule has 27 heavy (non-hydrogen) atoms. The Morgan fingerprint density at radius 2 is 1.81 bits per heavy atom. The van der Waals surface area contributed by atoms with Crippen molar-refractivity contribution in [2.45, 2.75) is 13.3 Å². The molecule has 2 N–H and O–H groups in total. The summed E-state index contributed by atoms with van der Waals surface area (Å²) in [5.41, 5.74) is 2.86. The van der Waals surface area contributed by atoms with Gasteiger partial charge in [0.15, 0.2) is 0 Å². The maximum absolute atomic E-state index is 12.1. The summed E-state index contributed by atoms with van der Waals surface area (Å²) in [4.78, 5) is 28.3. The highest BCUT2D eigenvalue weighted by Crippen LogP contribution is 2.31. The molecule has 0 aliphatic rings. The molecule has 0 unspecified atom stereocenters. The number of carbonyl (C=O) groups excluding carboxylic acids is 2. The van der Waals surface area contributed by atoms with E-state index in [0.717, 1.165) is 5.56 Å². The van der Waals surface area contributed by atoms with Gasteiger partial charge in [0, 0.05) is 17.4 Å². The molecule has 3 rings (SSSR count). The summed E-state index contributed by atoms with van der Waals surface area (Å²) in [6.45, 7) is 1.93. The zero-order valence-corrected chi connectivity index (χ0v) is 15.0. The number of oxazole rings is 1. The smallest absolute Gasteiger partial charge is 0.233 e. The summed E-state index contributed by atoms with van der Waals surface area (Å²) < 4.78 is 10.6. The van der Waals surface area contributed by atoms with E-state index in [2.05, 4.69) is 15.6 Å². The van der Waals surface area contributed by atoms with Crippen molar-refractivity contribution in [3.05, 3.63) is 60.5 Å². The van der Waals surface area contributed by atoms with Crippen LogP contribution in [0.1, 0.15) is 12.0 Å². The number of anilines is 2. The number of aromatic nitrogens is 1. The highest BCUT2D eigenvalue weighted by molar-refractivity contribution is 6.08. The van der Waals surface area contributed by atoms with Gasteiger partial charge in [0.05, 0.1) is 18.9 Å². The first-order chi connectivity index (χ1) is 13.0. The fraction of sp³-hybridized carbons (Fsp3) is 0.150. The minimum atomic E-state index is -0.425. The SMILES string of the molecule is COc1cc(NC(=O)CC(=O)Nc2cccc(C)c2)ccc1-c1ncco1. The Labute approximate surface area is 156 Å². The van der Waals surface area contributed by atoms with Crippen LogP contribution >= 0.6 is 0 Å². The highest BCUT2D eigenvalue weighted by Gasteiger charge is 2.14. The van der Waals surface area contributed by atoms with Crippen LogP contribution in [0.5, 0.6) is 5.75 Å². The molecule has 0 aliphatic heterocycles. The lowest BCUT2D eigenvalue weighted by Crippen LogP contribution is -2.21. The predicted molar refractivity (Wildman–Crippen MR) is 102 cm³/mol. The van der Waals surface area contributed by atoms with E-state index in [0.29, 0.717) is 28.6 Å². The number of methoxy groups -OCH3 is 1. The molecule has 2 amide bonds. The van der Waals surface area contributed by atoms with Crippen LogP contribution in [0, 0.1) is 6.92 Å². The average Bonchev–Trinajstić information content (AvgIpc) is 3.15. The molecule has 2 aromatic carbocycles. The van der Waals surface area contributed by atoms with Gasteiger partial charge in [0.25, 0.3) is 0 Å². The van der Waals surface area contributed by atoms with Gasteiger partial charge in [-0.05, 0) is 36.8 Å². The minimum absolute atomic E-state index is 0.294. The van der Waals surface area contributed by atoms with E-state index in [-0.39, 0.29) is 12.3 Å². The lowest BCUT2D eigenvalue weighted by atomic mass is 10.1. The zero-order chi connectivity index (χ0) is 19.2. The molecule has 138 valence electrons. The standard InChI is InChI=1S/C20H19N3O4/c1-13-4-3-5-14(10-13)22-18(24)12-19(25)23-15-6-7-16(17(11-15)26-2)20-21-8-9-27-20/h3-11H,12H2,1-2H3,(H,22,24)(H,23,25). The van der Waals surface area contributed by atoms with Crippen molar-refractivity contribution in [2.75, 3.05) is 17.7 Å². The van der Waals surface area contributed by atoms with Crippen molar-refractivity contribution < 1.29 is 18.7 Å². The van der Waals surface area contributed by atoms with Crippen molar-refractivity contribution in [2.24, 2.45) is 0 Å². The monoisotopic (exact) mass is 365 g/mol. The third-order valence-electron chi connectivity index (χ3n) is 3.77. The van der Waals surface area contributed by atoms with Crippen molar-refractivity contribution in [3.8, 4) is 17.2 Å². The molecule has 0 aliphatic carbocycles. The van der Waals surface area contributed by atoms with Gasteiger partial charge in [0.1, 0.15) is 18.4 Å². The van der Waals surface area contributed by atoms with Gasteiger partial charge in [-0.3, -0.25) is 9.59 Å². The van der Waals surface area contributed by atoms with Gasteiger partial charge in [0.2, 0.25) is 17.7 Å². The molecule has 0 spiro atoms. The van der Waals surface area contributed by atoms with E-state index >= 15 is 0 Å². The molecule has 0 saturated heterocycles. The maximum atomic E-state index is 12.1. The number of benzene rings is 2. The number of nitrogens with one attached hydrogen (secondary N) is 2. The third-order valence-corrected chi connectivity index (χ3v) is 3.77. The van der Waals surface area contributed by atoms with E-state index in [4.69, 9.17) is 9.15 Å². The predicted octanol–water partition coefficient (Wildman–Crippen LogP) is 3.63. The third kappa shape index (κ3) is 4.72. The molecule has 3 aromatic rings. The van der Waals surface area contributed by atoms with Crippen LogP contribution in [-0.4, -0.2) is 23.9 Å². The largest absolute Gasteiger partial charge is 0.496 e. The molecule has 0 saturated carbocycles. The molecule has 0 atom stereocenters. The van der Waals surface area contributed by atoms with Crippen molar-refractivity contribution in [1.82, 2.24) is 4.98 Å². The van der Waals surface area contributed by atoms with Crippen molar-refractivity contribution >= 4 is 23.2 Å². The molecule has 0 fully saturated rings. The zero-order valence-electron chi connectivity index (χ0n) is 15.0. The number of aryl methyl sites for hydroxylation is 1. The highest BCUT2D eigenvalue weighted by atomic mass is 16.5. The van der Waals surface area contributed by atoms with Crippen LogP contribution < -0.4 is 15.4 Å². The quantitative estimate of drug-likeness (QED) is 0.651. The Kier molecular flexibility index (Phi) is 5.51. The number of amides is 2. The number of hydrogen-bond donors (Lipinski definition) is 2. The Bertz CT molecular complexity index is 952. The van der Waals surface area contributed by atoms with Gasteiger partial charge < -0.3 is 19.8 Å². The molecule has 7 nitrogen and oxygen atoms in total. The van der Waals surface area contributed by atoms with E-state index < -0.39 is 5.91 Å². The van der Waals surface area contributed by atoms with Gasteiger partial charge >= 0.3 is 0 Å². The Morgan fingerprint density at radius 1 is 1.07 bits per heavy atom. The Morgan fingerprint density at radius 3 is 2.44 bits per heavy atom. The first-order valence-corrected chi connectivity index (χ1v) is 8.29. The molecule has 1 aromatic heterocycles. The number of rotatable bonds is 6. The van der Waals surface area contributed by atoms with Gasteiger partial charge in [-0.2, -0.15) is 0 Å². The Balaban J connectivity index is 1.63. The number of carbonyl (C=O) groups is 2. The van der Waals surface area contributed by atoms with Crippen molar-refractivity contribution in [3.63, 3.8) is 0 Å². The summed E-state index contributed by atoms with van der Waals surface area (Å²) in [5.74, 6) is 0.106. The van der Waals surface area contributed by atoms with E-state index in [1.165, 1.54) is 19.6 Å². The lowest BCUT2D eigenvalue weighted by molar-refractivity contribution is -0.123. The van der Waals surface area contributed by atoms with Crippen LogP contribution in [0.2, 0.25) is 0 Å². The molecular weight excluding hydrogens is 346 g/mol. The van der Waals surface area contributed by atoms with E-state index in [9.17, 15) is 9.59 Å². The summed E-state index contributed by atoms with van der Waals surface area (Å²) in [7, 11) is 1.52. The minimum Gasteiger partial charge on any atom is -0.496 e. The summed E-state index contributed by atoms with van der Waals surface area (Å²) in [6.07, 6.45) is 2.71. The van der Waals surface area contributed by atoms with Crippen molar-refractivity contribution in [1.29, 1.82) is 0 Å². The second-order valence-electron chi connectivity index (χ2n) is 5.89. The number of hydrogen-bond acceptors (Lipinski definition) is 5. The molecule has 7 heteroatoms. The van der Waals surface area contributed by atoms with E-state index in [1.807, 2.05) is 25.1 Å². The summed E-state index contributed by atoms with van der Waals surface area (Å²) in [6, 6.07) is 12.4. The fourth-order valence-electron chi connectivity index (χ4n) is 2.58. The lowest BCUT2D eigenvalue weighted by Gasteiger charge is -2.10. The van der Waals surface area contributed by atoms with Gasteiger partial charge in [-0.25, -0.2) is 4.98 Å². The van der Waals surface area contributed by atoms with Crippen LogP contribution in [0.4, 0.5) is 11.4 Å². The maximum Gasteiger partial charge on any atom is 0.233 e. The van der Waals surface area contributed by atoms with E-state index in [1.54, 1.807) is 24.3 Å². The molecular formula is C20H19N3O4. The first-order valence-electron chi connectivity index (χ1n) is 8.29. The molecule has 0 radical (unpaired) electrons. The number of ether oxygens (including phenoxy) is 1. The summed E-state index contributed by atoms with van der Waals surface area (Å²) in [5, 5.41) is 5.39. The van der Waals surface area contributed by atoms with Crippen LogP contribution in [-0.2, 0) is 9.59 Å². The normalized spacial score (nSPS) is 10.3. The fourth-order valence-corrected chi connectivity index (χ4v) is 2.58. The second kappa shape index (κ2) is 8.18. The topological polar surface area (TPSA) is 93.5 Å². The van der Waals surface area contributed by atoms with Crippen LogP contribution in [0.3, 0.4) is 0 Å². The molecule has 0 bridgehead atoms. The van der Waals surface area contributed by atoms with Crippen LogP contribution in [0.15, 0.2) is 59.3 Å². The summed E-state index contributed by atoms with van der Waals surface area (Å²) >= 11 is 0. The molecule has 1 heterocycles. The Hall–Kier alpha value is -3.61. The van der Waals surface area contributed by atoms with Crippen LogP contribution in [0.25, 0.3) is 11.5 Å². The number of nitrogens with zero attached hydrogens (tertiary/aromatic N) is 1. The first kappa shape index (κ1) is 18.2. The second-order valence-corrected chi connectivity index (χ2v) is 5.89. The van der Waals surface area contributed by atoms with Gasteiger partial charge in [-0.1, -0.05) is 12.1 Å².